The fourth-order valence-corrected chi connectivity index (χ4v) is 2.94. The lowest BCUT2D eigenvalue weighted by molar-refractivity contribution is -0.163. The maximum absolute atomic E-state index is 12.7. The van der Waals surface area contributed by atoms with Crippen LogP contribution in [0.25, 0.3) is 0 Å². The largest absolute Gasteiger partial charge is 0.451 e. The van der Waals surface area contributed by atoms with Crippen LogP contribution in [0.4, 0.5) is 10.5 Å². The zero-order valence-electron chi connectivity index (χ0n) is 17.9. The topological polar surface area (TPSA) is 87.7 Å². The molecular formula is C21H33N3O4. The van der Waals surface area contributed by atoms with Crippen molar-refractivity contribution in [2.45, 2.75) is 72.7 Å². The van der Waals surface area contributed by atoms with Gasteiger partial charge in [-0.25, -0.2) is 9.59 Å². The Morgan fingerprint density at radius 2 is 1.43 bits per heavy atom. The fraction of sp³-hybridized carbons (Fsp3) is 0.571. The first-order valence-corrected chi connectivity index (χ1v) is 9.69. The number of hydrogen-bond donors (Lipinski definition) is 2. The van der Waals surface area contributed by atoms with Gasteiger partial charge in [-0.05, 0) is 52.7 Å². The van der Waals surface area contributed by atoms with E-state index in [-0.39, 0.29) is 23.9 Å². The number of nitrogens with one attached hydrogen (secondary N) is 2. The van der Waals surface area contributed by atoms with Crippen LogP contribution in [0.2, 0.25) is 0 Å². The molecule has 0 saturated carbocycles. The summed E-state index contributed by atoms with van der Waals surface area (Å²) in [4.78, 5) is 39.2. The number of hydrogen-bond acceptors (Lipinski definition) is 4. The SMILES string of the molecule is CC(C)[C@H](NC(=O)Nc1ccccc1)C(=O)O[C@@H](C)C(=O)N(C(C)C)C(C)C. The molecule has 0 fully saturated rings. The minimum Gasteiger partial charge on any atom is -0.451 e. The highest BCUT2D eigenvalue weighted by Gasteiger charge is 2.32. The maximum Gasteiger partial charge on any atom is 0.329 e. The zero-order chi connectivity index (χ0) is 21.4. The van der Waals surface area contributed by atoms with Crippen LogP contribution in [-0.2, 0) is 14.3 Å². The number of amides is 3. The van der Waals surface area contributed by atoms with E-state index < -0.39 is 24.1 Å². The number of urea groups is 1. The van der Waals surface area contributed by atoms with Crippen molar-refractivity contribution in [2.75, 3.05) is 5.32 Å². The molecule has 3 amide bonds. The molecule has 0 aliphatic rings. The summed E-state index contributed by atoms with van der Waals surface area (Å²) in [5, 5.41) is 5.31. The summed E-state index contributed by atoms with van der Waals surface area (Å²) in [6.07, 6.45) is -0.933. The predicted octanol–water partition coefficient (Wildman–Crippen LogP) is 3.41. The van der Waals surface area contributed by atoms with E-state index in [1.165, 1.54) is 0 Å². The smallest absolute Gasteiger partial charge is 0.329 e. The number of benzene rings is 1. The molecule has 0 spiro atoms. The van der Waals surface area contributed by atoms with Gasteiger partial charge in [0.2, 0.25) is 0 Å². The molecule has 0 saturated heterocycles. The number of carbonyl (C=O) groups excluding carboxylic acids is 3. The van der Waals surface area contributed by atoms with Crippen molar-refractivity contribution in [3.8, 4) is 0 Å². The van der Waals surface area contributed by atoms with Crippen LogP contribution in [0, 0.1) is 5.92 Å². The standard InChI is InChI=1S/C21H33N3O4/c1-13(2)18(23-21(27)22-17-11-9-8-10-12-17)20(26)28-16(7)19(25)24(14(3)4)15(5)6/h8-16,18H,1-7H3,(H2,22,23,27)/t16-,18-/m0/s1. The monoisotopic (exact) mass is 391 g/mol. The number of para-hydroxylation sites is 1. The van der Waals surface area contributed by atoms with Crippen molar-refractivity contribution >= 4 is 23.6 Å². The van der Waals surface area contributed by atoms with Gasteiger partial charge in [0.05, 0.1) is 0 Å². The lowest BCUT2D eigenvalue weighted by atomic mass is 10.0. The average Bonchev–Trinajstić information content (AvgIpc) is 2.59. The Morgan fingerprint density at radius 3 is 1.89 bits per heavy atom. The Balaban J connectivity index is 2.76. The molecule has 1 aromatic rings. The first kappa shape index (κ1) is 23.5. The average molecular weight is 392 g/mol. The number of anilines is 1. The summed E-state index contributed by atoms with van der Waals surface area (Å²) in [5.74, 6) is -1.09. The molecule has 2 N–H and O–H groups in total. The zero-order valence-corrected chi connectivity index (χ0v) is 17.9. The Labute approximate surface area is 167 Å². The summed E-state index contributed by atoms with van der Waals surface area (Å²) in [6, 6.07) is 7.53. The molecule has 2 atom stereocenters. The van der Waals surface area contributed by atoms with E-state index in [4.69, 9.17) is 4.74 Å². The number of ether oxygens (including phenoxy) is 1. The molecule has 0 unspecified atom stereocenters. The Morgan fingerprint density at radius 1 is 0.893 bits per heavy atom. The molecular weight excluding hydrogens is 358 g/mol. The highest BCUT2D eigenvalue weighted by molar-refractivity contribution is 5.93. The third kappa shape index (κ3) is 6.87. The van der Waals surface area contributed by atoms with Gasteiger partial charge in [0.1, 0.15) is 6.04 Å². The van der Waals surface area contributed by atoms with E-state index in [9.17, 15) is 14.4 Å². The number of esters is 1. The number of nitrogens with zero attached hydrogens (tertiary/aromatic N) is 1. The molecule has 1 aromatic carbocycles. The van der Waals surface area contributed by atoms with Crippen molar-refractivity contribution < 1.29 is 19.1 Å². The van der Waals surface area contributed by atoms with E-state index in [0.29, 0.717) is 5.69 Å². The van der Waals surface area contributed by atoms with Gasteiger partial charge in [0.25, 0.3) is 5.91 Å². The fourth-order valence-electron chi connectivity index (χ4n) is 2.94. The second kappa shape index (κ2) is 10.7. The molecule has 0 aliphatic carbocycles. The van der Waals surface area contributed by atoms with Gasteiger partial charge in [0, 0.05) is 17.8 Å². The lowest BCUT2D eigenvalue weighted by Gasteiger charge is -2.33. The van der Waals surface area contributed by atoms with Gasteiger partial charge >= 0.3 is 12.0 Å². The van der Waals surface area contributed by atoms with Gasteiger partial charge in [0.15, 0.2) is 6.10 Å². The Hall–Kier alpha value is -2.57. The van der Waals surface area contributed by atoms with Crippen LogP contribution in [0.1, 0.15) is 48.5 Å². The van der Waals surface area contributed by atoms with Crippen molar-refractivity contribution in [1.29, 1.82) is 0 Å². The molecule has 28 heavy (non-hydrogen) atoms. The summed E-state index contributed by atoms with van der Waals surface area (Å²) >= 11 is 0. The third-order valence-electron chi connectivity index (χ3n) is 4.25. The molecule has 0 aliphatic heterocycles. The summed E-state index contributed by atoms with van der Waals surface area (Å²) in [7, 11) is 0. The van der Waals surface area contributed by atoms with Crippen LogP contribution in [0.5, 0.6) is 0 Å². The van der Waals surface area contributed by atoms with Crippen LogP contribution in [-0.4, -0.2) is 47.0 Å². The first-order chi connectivity index (χ1) is 13.0. The maximum atomic E-state index is 12.7. The molecule has 0 heterocycles. The normalized spacial score (nSPS) is 13.2. The second-order valence-corrected chi connectivity index (χ2v) is 7.70. The van der Waals surface area contributed by atoms with Crippen LogP contribution >= 0.6 is 0 Å². The van der Waals surface area contributed by atoms with Crippen LogP contribution < -0.4 is 10.6 Å². The molecule has 156 valence electrons. The van der Waals surface area contributed by atoms with Crippen molar-refractivity contribution in [1.82, 2.24) is 10.2 Å². The number of carbonyl (C=O) groups is 3. The minimum absolute atomic E-state index is 0.00989. The van der Waals surface area contributed by atoms with Crippen LogP contribution in [0.15, 0.2) is 30.3 Å². The van der Waals surface area contributed by atoms with Gasteiger partial charge in [-0.1, -0.05) is 32.0 Å². The first-order valence-electron chi connectivity index (χ1n) is 9.69. The van der Waals surface area contributed by atoms with Crippen molar-refractivity contribution in [3.05, 3.63) is 30.3 Å². The Bertz CT molecular complexity index is 651. The highest BCUT2D eigenvalue weighted by Crippen LogP contribution is 2.12. The predicted molar refractivity (Wildman–Crippen MR) is 110 cm³/mol. The van der Waals surface area contributed by atoms with E-state index in [2.05, 4.69) is 10.6 Å². The third-order valence-corrected chi connectivity index (χ3v) is 4.25. The van der Waals surface area contributed by atoms with E-state index in [1.807, 2.05) is 33.8 Å². The van der Waals surface area contributed by atoms with Gasteiger partial charge in [-0.15, -0.1) is 0 Å². The van der Waals surface area contributed by atoms with E-state index in [1.54, 1.807) is 49.9 Å². The van der Waals surface area contributed by atoms with Gasteiger partial charge in [-0.2, -0.15) is 0 Å². The van der Waals surface area contributed by atoms with E-state index >= 15 is 0 Å². The molecule has 7 heteroatoms. The quantitative estimate of drug-likeness (QED) is 0.665. The molecule has 7 nitrogen and oxygen atoms in total. The molecule has 1 rings (SSSR count). The molecule has 0 radical (unpaired) electrons. The van der Waals surface area contributed by atoms with E-state index in [0.717, 1.165) is 0 Å². The van der Waals surface area contributed by atoms with Crippen molar-refractivity contribution in [2.24, 2.45) is 5.92 Å². The van der Waals surface area contributed by atoms with Crippen molar-refractivity contribution in [3.63, 3.8) is 0 Å². The molecule has 0 aromatic heterocycles. The summed E-state index contributed by atoms with van der Waals surface area (Å²) < 4.78 is 5.40. The summed E-state index contributed by atoms with van der Waals surface area (Å²) in [6.45, 7) is 12.8. The van der Waals surface area contributed by atoms with Gasteiger partial charge in [-0.3, -0.25) is 4.79 Å². The highest BCUT2D eigenvalue weighted by atomic mass is 16.5. The summed E-state index contributed by atoms with van der Waals surface area (Å²) in [5.41, 5.74) is 0.615. The second-order valence-electron chi connectivity index (χ2n) is 7.70. The van der Waals surface area contributed by atoms with Crippen LogP contribution in [0.3, 0.4) is 0 Å². The molecule has 0 bridgehead atoms. The lowest BCUT2D eigenvalue weighted by Crippen LogP contribution is -2.51. The minimum atomic E-state index is -0.933. The van der Waals surface area contributed by atoms with Gasteiger partial charge < -0.3 is 20.3 Å². The number of rotatable bonds is 8. The Kier molecular flexibility index (Phi) is 8.96.